The molecule has 0 saturated carbocycles. The minimum absolute atomic E-state index is 0.0142. The van der Waals surface area contributed by atoms with Gasteiger partial charge in [0, 0.05) is 11.7 Å². The van der Waals surface area contributed by atoms with Crippen molar-refractivity contribution in [3.05, 3.63) is 23.2 Å². The third kappa shape index (κ3) is 3.64. The van der Waals surface area contributed by atoms with Crippen LogP contribution in [0.2, 0.25) is 5.02 Å². The molecule has 1 aliphatic heterocycles. The molecule has 2 N–H and O–H groups in total. The van der Waals surface area contributed by atoms with Crippen molar-refractivity contribution >= 4 is 23.2 Å². The summed E-state index contributed by atoms with van der Waals surface area (Å²) in [4.78, 5) is 12.2. The Morgan fingerprint density at radius 1 is 1.50 bits per heavy atom. The van der Waals surface area contributed by atoms with Gasteiger partial charge in [0.25, 0.3) is 0 Å². The molecule has 2 atom stereocenters. The molecule has 5 heteroatoms. The van der Waals surface area contributed by atoms with Gasteiger partial charge < -0.3 is 15.4 Å². The molecule has 1 fully saturated rings. The largest absolute Gasteiger partial charge is 0.489 e. The number of nitrogens with one attached hydrogen (secondary N) is 2. The van der Waals surface area contributed by atoms with E-state index in [0.29, 0.717) is 16.5 Å². The summed E-state index contributed by atoms with van der Waals surface area (Å²) < 4.78 is 5.57. The van der Waals surface area contributed by atoms with Gasteiger partial charge in [-0.15, -0.1) is 0 Å². The molecule has 2 unspecified atom stereocenters. The lowest BCUT2D eigenvalue weighted by molar-refractivity contribution is -0.120. The maximum Gasteiger partial charge on any atom is 0.229 e. The van der Waals surface area contributed by atoms with E-state index in [0.717, 1.165) is 13.0 Å². The van der Waals surface area contributed by atoms with E-state index in [1.165, 1.54) is 0 Å². The molecular formula is C15H21ClN2O2. The minimum atomic E-state index is 0.0142. The highest BCUT2D eigenvalue weighted by molar-refractivity contribution is 6.32. The molecule has 1 aromatic carbocycles. The fraction of sp³-hybridized carbons (Fsp3) is 0.533. The third-order valence-corrected chi connectivity index (χ3v) is 3.72. The Morgan fingerprint density at radius 3 is 2.80 bits per heavy atom. The standard InChI is InChI=1S/C15H21ClN2O2/c1-9(2)20-14-5-4-11(8-13(14)16)18-15(19)12-6-7-17-10(12)3/h4-5,8-10,12,17H,6-7H2,1-3H3,(H,18,19). The summed E-state index contributed by atoms with van der Waals surface area (Å²) in [7, 11) is 0. The van der Waals surface area contributed by atoms with Crippen molar-refractivity contribution in [1.82, 2.24) is 5.32 Å². The van der Waals surface area contributed by atoms with E-state index < -0.39 is 0 Å². The number of anilines is 1. The van der Waals surface area contributed by atoms with Crippen molar-refractivity contribution in [2.24, 2.45) is 5.92 Å². The molecule has 20 heavy (non-hydrogen) atoms. The van der Waals surface area contributed by atoms with Gasteiger partial charge in [-0.25, -0.2) is 0 Å². The summed E-state index contributed by atoms with van der Waals surface area (Å²) in [5.74, 6) is 0.687. The quantitative estimate of drug-likeness (QED) is 0.898. The number of carbonyl (C=O) groups excluding carboxylic acids is 1. The molecule has 0 radical (unpaired) electrons. The summed E-state index contributed by atoms with van der Waals surface area (Å²) in [5.41, 5.74) is 0.704. The van der Waals surface area contributed by atoms with E-state index in [1.54, 1.807) is 12.1 Å². The molecule has 0 aliphatic carbocycles. The smallest absolute Gasteiger partial charge is 0.229 e. The van der Waals surface area contributed by atoms with Crippen LogP contribution >= 0.6 is 11.6 Å². The van der Waals surface area contributed by atoms with Gasteiger partial charge in [-0.2, -0.15) is 0 Å². The van der Waals surface area contributed by atoms with E-state index in [4.69, 9.17) is 16.3 Å². The van der Waals surface area contributed by atoms with Crippen molar-refractivity contribution in [3.8, 4) is 5.75 Å². The van der Waals surface area contributed by atoms with E-state index in [1.807, 2.05) is 26.8 Å². The van der Waals surface area contributed by atoms with Crippen LogP contribution in [0, 0.1) is 5.92 Å². The number of benzene rings is 1. The summed E-state index contributed by atoms with van der Waals surface area (Å²) in [6.45, 7) is 6.81. The first-order chi connectivity index (χ1) is 9.47. The van der Waals surface area contributed by atoms with E-state index in [2.05, 4.69) is 10.6 Å². The van der Waals surface area contributed by atoms with E-state index in [9.17, 15) is 4.79 Å². The molecule has 2 rings (SSSR count). The number of ether oxygens (including phenoxy) is 1. The van der Waals surface area contributed by atoms with Gasteiger partial charge in [0.1, 0.15) is 5.75 Å². The average Bonchev–Trinajstić information content (AvgIpc) is 2.78. The van der Waals surface area contributed by atoms with Crippen molar-refractivity contribution in [1.29, 1.82) is 0 Å². The van der Waals surface area contributed by atoms with Crippen LogP contribution in [0.4, 0.5) is 5.69 Å². The number of amides is 1. The molecule has 1 aliphatic rings. The molecule has 110 valence electrons. The van der Waals surface area contributed by atoms with Gasteiger partial charge in [0.05, 0.1) is 17.0 Å². The topological polar surface area (TPSA) is 50.4 Å². The summed E-state index contributed by atoms with van der Waals surface area (Å²) in [6, 6.07) is 5.54. The average molecular weight is 297 g/mol. The van der Waals surface area contributed by atoms with Gasteiger partial charge in [0.2, 0.25) is 5.91 Å². The molecule has 1 heterocycles. The highest BCUT2D eigenvalue weighted by Gasteiger charge is 2.29. The van der Waals surface area contributed by atoms with E-state index in [-0.39, 0.29) is 24.0 Å². The first-order valence-electron chi connectivity index (χ1n) is 6.98. The van der Waals surface area contributed by atoms with Crippen LogP contribution < -0.4 is 15.4 Å². The molecule has 1 amide bonds. The lowest BCUT2D eigenvalue weighted by atomic mass is 10.0. The van der Waals surface area contributed by atoms with Crippen molar-refractivity contribution in [2.75, 3.05) is 11.9 Å². The Bertz CT molecular complexity index is 491. The van der Waals surface area contributed by atoms with Crippen molar-refractivity contribution < 1.29 is 9.53 Å². The second-order valence-electron chi connectivity index (χ2n) is 5.44. The fourth-order valence-corrected chi connectivity index (χ4v) is 2.61. The number of rotatable bonds is 4. The minimum Gasteiger partial charge on any atom is -0.489 e. The van der Waals surface area contributed by atoms with Crippen LogP contribution in [-0.4, -0.2) is 24.6 Å². The number of hydrogen-bond acceptors (Lipinski definition) is 3. The normalized spacial score (nSPS) is 22.1. The molecular weight excluding hydrogens is 276 g/mol. The van der Waals surface area contributed by atoms with Crippen LogP contribution in [0.15, 0.2) is 18.2 Å². The van der Waals surface area contributed by atoms with Crippen LogP contribution in [0.25, 0.3) is 0 Å². The van der Waals surface area contributed by atoms with Gasteiger partial charge in [-0.1, -0.05) is 11.6 Å². The van der Waals surface area contributed by atoms with Gasteiger partial charge in [-0.3, -0.25) is 4.79 Å². The molecule has 4 nitrogen and oxygen atoms in total. The maximum absolute atomic E-state index is 12.2. The van der Waals surface area contributed by atoms with Crippen LogP contribution in [0.5, 0.6) is 5.75 Å². The molecule has 0 bridgehead atoms. The zero-order valence-electron chi connectivity index (χ0n) is 12.1. The van der Waals surface area contributed by atoms with Gasteiger partial charge in [-0.05, 0) is 51.9 Å². The second-order valence-corrected chi connectivity index (χ2v) is 5.85. The van der Waals surface area contributed by atoms with Gasteiger partial charge in [0.15, 0.2) is 0 Å². The summed E-state index contributed by atoms with van der Waals surface area (Å²) >= 11 is 6.16. The Kier molecular flexibility index (Phi) is 4.89. The Balaban J connectivity index is 2.03. The Hall–Kier alpha value is -1.26. The van der Waals surface area contributed by atoms with Gasteiger partial charge >= 0.3 is 0 Å². The number of carbonyl (C=O) groups is 1. The molecule has 0 spiro atoms. The van der Waals surface area contributed by atoms with Crippen molar-refractivity contribution in [3.63, 3.8) is 0 Å². The van der Waals surface area contributed by atoms with Crippen LogP contribution in [0.3, 0.4) is 0 Å². The Labute approximate surface area is 124 Å². The maximum atomic E-state index is 12.2. The monoisotopic (exact) mass is 296 g/mol. The molecule has 0 aromatic heterocycles. The van der Waals surface area contributed by atoms with Crippen molar-refractivity contribution in [2.45, 2.75) is 39.3 Å². The highest BCUT2D eigenvalue weighted by atomic mass is 35.5. The zero-order chi connectivity index (χ0) is 14.7. The van der Waals surface area contributed by atoms with Crippen LogP contribution in [-0.2, 0) is 4.79 Å². The Morgan fingerprint density at radius 2 is 2.25 bits per heavy atom. The molecule has 1 aromatic rings. The highest BCUT2D eigenvalue weighted by Crippen LogP contribution is 2.29. The first kappa shape index (κ1) is 15.1. The predicted octanol–water partition coefficient (Wildman–Crippen LogP) is 3.06. The SMILES string of the molecule is CC(C)Oc1ccc(NC(=O)C2CCNC2C)cc1Cl. The lowest BCUT2D eigenvalue weighted by Crippen LogP contribution is -2.32. The second kappa shape index (κ2) is 6.46. The molecule has 1 saturated heterocycles. The fourth-order valence-electron chi connectivity index (χ4n) is 2.38. The lowest BCUT2D eigenvalue weighted by Gasteiger charge is -2.16. The van der Waals surface area contributed by atoms with E-state index >= 15 is 0 Å². The predicted molar refractivity (Wildman–Crippen MR) is 81.4 cm³/mol. The number of hydrogen-bond donors (Lipinski definition) is 2. The first-order valence-corrected chi connectivity index (χ1v) is 7.35. The van der Waals surface area contributed by atoms with Crippen LogP contribution in [0.1, 0.15) is 27.2 Å². The zero-order valence-corrected chi connectivity index (χ0v) is 12.8. The number of halogens is 1. The summed E-state index contributed by atoms with van der Waals surface area (Å²) in [6.07, 6.45) is 0.938. The summed E-state index contributed by atoms with van der Waals surface area (Å²) in [5, 5.41) is 6.70. The third-order valence-electron chi connectivity index (χ3n) is 3.42.